The molecule has 0 unspecified atom stereocenters. The first kappa shape index (κ1) is 12.5. The highest BCUT2D eigenvalue weighted by Gasteiger charge is 2.30. The van der Waals surface area contributed by atoms with E-state index in [1.807, 2.05) is 0 Å². The summed E-state index contributed by atoms with van der Waals surface area (Å²) in [6.07, 6.45) is 5.87. The molecule has 0 saturated heterocycles. The highest BCUT2D eigenvalue weighted by Crippen LogP contribution is 2.35. The second-order valence-electron chi connectivity index (χ2n) is 5.87. The summed E-state index contributed by atoms with van der Waals surface area (Å²) in [5, 5.41) is 2.82. The molecule has 2 fully saturated rings. The first-order valence-corrected chi connectivity index (χ1v) is 7.39. The molecule has 21 heavy (non-hydrogen) atoms. The van der Waals surface area contributed by atoms with Gasteiger partial charge in [-0.15, -0.1) is 0 Å². The summed E-state index contributed by atoms with van der Waals surface area (Å²) in [6, 6.07) is 3.72. The van der Waals surface area contributed by atoms with Gasteiger partial charge in [0.05, 0.1) is 0 Å². The summed E-state index contributed by atoms with van der Waals surface area (Å²) in [5.41, 5.74) is 0.837. The number of amides is 1. The molecule has 6 nitrogen and oxygen atoms in total. The van der Waals surface area contributed by atoms with E-state index >= 15 is 0 Å². The van der Waals surface area contributed by atoms with Crippen molar-refractivity contribution in [2.45, 2.75) is 31.7 Å². The van der Waals surface area contributed by atoms with Crippen molar-refractivity contribution in [2.24, 2.45) is 5.92 Å². The molecule has 0 atom stereocenters. The quantitative estimate of drug-likeness (QED) is 0.917. The second kappa shape index (κ2) is 4.65. The minimum atomic E-state index is -0.368. The topological polar surface area (TPSA) is 76.9 Å². The van der Waals surface area contributed by atoms with E-state index in [4.69, 9.17) is 0 Å². The highest BCUT2D eigenvalue weighted by atomic mass is 16.2. The number of aromatic nitrogens is 3. The van der Waals surface area contributed by atoms with E-state index in [-0.39, 0.29) is 23.2 Å². The molecule has 4 rings (SSSR count). The third kappa shape index (κ3) is 2.30. The minimum Gasteiger partial charge on any atom is -0.350 e. The molecule has 108 valence electrons. The van der Waals surface area contributed by atoms with Gasteiger partial charge in [-0.05, 0) is 43.7 Å². The van der Waals surface area contributed by atoms with E-state index < -0.39 is 0 Å². The lowest BCUT2D eigenvalue weighted by Crippen LogP contribution is -2.35. The monoisotopic (exact) mass is 284 g/mol. The highest BCUT2D eigenvalue weighted by molar-refractivity contribution is 5.93. The van der Waals surface area contributed by atoms with Crippen molar-refractivity contribution >= 4 is 17.1 Å². The van der Waals surface area contributed by atoms with Crippen LogP contribution in [0.15, 0.2) is 23.1 Å². The molecule has 6 heteroatoms. The molecule has 0 aromatic carbocycles. The van der Waals surface area contributed by atoms with Crippen LogP contribution in [0.25, 0.3) is 11.2 Å². The molecule has 0 aliphatic heterocycles. The number of hydrogen-bond acceptors (Lipinski definition) is 4. The fourth-order valence-electron chi connectivity index (χ4n) is 2.50. The SMILES string of the molecule is O=C(NCC1CC1)c1nc2cccnc2n(C2CC2)c1=O. The zero-order valence-corrected chi connectivity index (χ0v) is 11.6. The fourth-order valence-corrected chi connectivity index (χ4v) is 2.50. The van der Waals surface area contributed by atoms with Crippen molar-refractivity contribution in [1.29, 1.82) is 0 Å². The number of nitrogens with zero attached hydrogens (tertiary/aromatic N) is 3. The molecule has 0 radical (unpaired) electrons. The molecule has 2 aliphatic rings. The van der Waals surface area contributed by atoms with Crippen LogP contribution in [0.5, 0.6) is 0 Å². The Morgan fingerprint density at radius 1 is 1.33 bits per heavy atom. The average molecular weight is 284 g/mol. The Balaban J connectivity index is 1.78. The van der Waals surface area contributed by atoms with Crippen LogP contribution < -0.4 is 10.9 Å². The van der Waals surface area contributed by atoms with Gasteiger partial charge in [0.1, 0.15) is 5.52 Å². The summed E-state index contributed by atoms with van der Waals surface area (Å²) < 4.78 is 1.63. The van der Waals surface area contributed by atoms with Crippen LogP contribution in [-0.4, -0.2) is 27.0 Å². The Labute approximate surface area is 121 Å². The molecular formula is C15H16N4O2. The van der Waals surface area contributed by atoms with Crippen LogP contribution in [0.4, 0.5) is 0 Å². The van der Waals surface area contributed by atoms with Crippen molar-refractivity contribution in [3.05, 3.63) is 34.4 Å². The number of hydrogen-bond donors (Lipinski definition) is 1. The molecule has 2 aromatic rings. The fraction of sp³-hybridized carbons (Fsp3) is 0.467. The van der Waals surface area contributed by atoms with Crippen molar-refractivity contribution in [1.82, 2.24) is 19.9 Å². The van der Waals surface area contributed by atoms with Crippen LogP contribution in [0, 0.1) is 5.92 Å². The standard InChI is InChI=1S/C15H16N4O2/c20-14(17-8-9-3-4-9)12-15(21)19(10-5-6-10)13-11(18-12)2-1-7-16-13/h1-2,7,9-10H,3-6,8H2,(H,17,20). The van der Waals surface area contributed by atoms with Crippen LogP contribution >= 0.6 is 0 Å². The number of pyridine rings is 1. The van der Waals surface area contributed by atoms with Gasteiger partial charge >= 0.3 is 0 Å². The molecule has 1 N–H and O–H groups in total. The zero-order valence-electron chi connectivity index (χ0n) is 11.6. The van der Waals surface area contributed by atoms with Crippen LogP contribution in [-0.2, 0) is 0 Å². The third-order valence-corrected chi connectivity index (χ3v) is 4.02. The predicted octanol–water partition coefficient (Wildman–Crippen LogP) is 1.27. The smallest absolute Gasteiger partial charge is 0.284 e. The normalized spacial score (nSPS) is 17.9. The molecule has 0 bridgehead atoms. The Morgan fingerprint density at radius 3 is 2.86 bits per heavy atom. The van der Waals surface area contributed by atoms with Gasteiger partial charge in [0.25, 0.3) is 11.5 Å². The summed E-state index contributed by atoms with van der Waals surface area (Å²) in [4.78, 5) is 33.3. The maximum atomic E-state index is 12.6. The number of nitrogens with one attached hydrogen (secondary N) is 1. The molecule has 2 aliphatic carbocycles. The van der Waals surface area contributed by atoms with E-state index in [0.717, 1.165) is 25.7 Å². The number of rotatable bonds is 4. The first-order chi connectivity index (χ1) is 10.2. The lowest BCUT2D eigenvalue weighted by molar-refractivity contribution is 0.0945. The Kier molecular flexibility index (Phi) is 2.77. The summed E-state index contributed by atoms with van der Waals surface area (Å²) >= 11 is 0. The Hall–Kier alpha value is -2.24. The lowest BCUT2D eigenvalue weighted by atomic mass is 10.3. The molecule has 0 spiro atoms. The summed E-state index contributed by atoms with van der Waals surface area (Å²) in [7, 11) is 0. The Morgan fingerprint density at radius 2 is 2.14 bits per heavy atom. The molecule has 2 saturated carbocycles. The van der Waals surface area contributed by atoms with E-state index in [1.54, 1.807) is 22.9 Å². The van der Waals surface area contributed by atoms with Crippen molar-refractivity contribution in [2.75, 3.05) is 6.54 Å². The summed E-state index contributed by atoms with van der Waals surface area (Å²) in [5.74, 6) is 0.203. The molecule has 2 aromatic heterocycles. The van der Waals surface area contributed by atoms with E-state index in [0.29, 0.717) is 23.6 Å². The predicted molar refractivity (Wildman–Crippen MR) is 77.1 cm³/mol. The zero-order chi connectivity index (χ0) is 14.4. The van der Waals surface area contributed by atoms with Crippen LogP contribution in [0.1, 0.15) is 42.2 Å². The van der Waals surface area contributed by atoms with Crippen molar-refractivity contribution in [3.63, 3.8) is 0 Å². The lowest BCUT2D eigenvalue weighted by Gasteiger charge is -2.10. The van der Waals surface area contributed by atoms with E-state index in [2.05, 4.69) is 15.3 Å². The van der Waals surface area contributed by atoms with Gasteiger partial charge in [0, 0.05) is 18.8 Å². The average Bonchev–Trinajstić information content (AvgIpc) is 3.37. The van der Waals surface area contributed by atoms with Crippen molar-refractivity contribution in [3.8, 4) is 0 Å². The number of carbonyl (C=O) groups excluding carboxylic acids is 1. The minimum absolute atomic E-state index is 0.0111. The Bertz CT molecular complexity index is 775. The van der Waals surface area contributed by atoms with E-state index in [1.165, 1.54) is 0 Å². The van der Waals surface area contributed by atoms with Gasteiger partial charge in [-0.2, -0.15) is 0 Å². The number of fused-ring (bicyclic) bond motifs is 1. The van der Waals surface area contributed by atoms with Gasteiger partial charge in [-0.3, -0.25) is 14.2 Å². The molecule has 1 amide bonds. The maximum absolute atomic E-state index is 12.6. The van der Waals surface area contributed by atoms with Crippen LogP contribution in [0.2, 0.25) is 0 Å². The number of carbonyl (C=O) groups is 1. The second-order valence-corrected chi connectivity index (χ2v) is 5.87. The van der Waals surface area contributed by atoms with Gasteiger partial charge in [-0.1, -0.05) is 0 Å². The van der Waals surface area contributed by atoms with Crippen LogP contribution in [0.3, 0.4) is 0 Å². The summed E-state index contributed by atoms with van der Waals surface area (Å²) in [6.45, 7) is 0.633. The van der Waals surface area contributed by atoms with Gasteiger partial charge in [0.2, 0.25) is 0 Å². The largest absolute Gasteiger partial charge is 0.350 e. The van der Waals surface area contributed by atoms with Gasteiger partial charge in [-0.25, -0.2) is 9.97 Å². The first-order valence-electron chi connectivity index (χ1n) is 7.39. The van der Waals surface area contributed by atoms with Gasteiger partial charge in [0.15, 0.2) is 11.3 Å². The van der Waals surface area contributed by atoms with Crippen molar-refractivity contribution < 1.29 is 4.79 Å². The maximum Gasteiger partial charge on any atom is 0.284 e. The van der Waals surface area contributed by atoms with E-state index in [9.17, 15) is 9.59 Å². The third-order valence-electron chi connectivity index (χ3n) is 4.02. The van der Waals surface area contributed by atoms with Gasteiger partial charge < -0.3 is 5.32 Å². The molecule has 2 heterocycles. The molecular weight excluding hydrogens is 268 g/mol.